The number of methoxy groups -OCH3 is 1. The molecule has 136 valence electrons. The lowest BCUT2D eigenvalue weighted by atomic mass is 10.2. The van der Waals surface area contributed by atoms with Crippen molar-refractivity contribution in [2.75, 3.05) is 25.6 Å². The maximum absolute atomic E-state index is 12.0. The van der Waals surface area contributed by atoms with E-state index in [9.17, 15) is 14.4 Å². The number of carbonyl (C=O) groups is 3. The van der Waals surface area contributed by atoms with Crippen molar-refractivity contribution in [3.63, 3.8) is 0 Å². The van der Waals surface area contributed by atoms with Gasteiger partial charge in [-0.1, -0.05) is 0 Å². The van der Waals surface area contributed by atoms with Crippen molar-refractivity contribution in [2.24, 2.45) is 0 Å². The first-order valence-corrected chi connectivity index (χ1v) is 8.02. The van der Waals surface area contributed by atoms with Crippen molar-refractivity contribution < 1.29 is 23.9 Å². The van der Waals surface area contributed by atoms with Crippen LogP contribution in [0.1, 0.15) is 27.6 Å². The zero-order valence-corrected chi connectivity index (χ0v) is 14.6. The Morgan fingerprint density at radius 3 is 2.12 bits per heavy atom. The van der Waals surface area contributed by atoms with Crippen molar-refractivity contribution >= 4 is 23.5 Å². The fraction of sp³-hybridized carbons (Fsp3) is 0.211. The molecule has 0 atom stereocenters. The van der Waals surface area contributed by atoms with Gasteiger partial charge in [0.15, 0.2) is 0 Å². The van der Waals surface area contributed by atoms with E-state index in [0.717, 1.165) is 0 Å². The van der Waals surface area contributed by atoms with Crippen LogP contribution in [0.3, 0.4) is 0 Å². The van der Waals surface area contributed by atoms with Crippen LogP contribution >= 0.6 is 0 Å². The summed E-state index contributed by atoms with van der Waals surface area (Å²) in [6.45, 7) is 1.85. The molecule has 0 aliphatic heterocycles. The van der Waals surface area contributed by atoms with Crippen LogP contribution in [0.2, 0.25) is 0 Å². The van der Waals surface area contributed by atoms with Crippen molar-refractivity contribution in [2.45, 2.75) is 6.92 Å². The fourth-order valence-corrected chi connectivity index (χ4v) is 2.11. The molecule has 2 aromatic rings. The van der Waals surface area contributed by atoms with Gasteiger partial charge in [-0.25, -0.2) is 4.79 Å². The first-order valence-electron chi connectivity index (χ1n) is 8.02. The largest absolute Gasteiger partial charge is 0.497 e. The van der Waals surface area contributed by atoms with E-state index in [2.05, 4.69) is 10.6 Å². The Bertz CT molecular complexity index is 770. The summed E-state index contributed by atoms with van der Waals surface area (Å²) in [5.74, 6) is -0.515. The minimum absolute atomic E-state index is 0.176. The molecule has 0 fully saturated rings. The van der Waals surface area contributed by atoms with Crippen LogP contribution in [0.4, 0.5) is 5.69 Å². The van der Waals surface area contributed by atoms with Gasteiger partial charge in [0.25, 0.3) is 5.91 Å². The highest BCUT2D eigenvalue weighted by molar-refractivity contribution is 5.99. The number of benzene rings is 2. The summed E-state index contributed by atoms with van der Waals surface area (Å²) in [6.07, 6.45) is 0. The van der Waals surface area contributed by atoms with E-state index >= 15 is 0 Å². The number of amides is 2. The number of esters is 1. The van der Waals surface area contributed by atoms with Crippen molar-refractivity contribution in [1.82, 2.24) is 5.32 Å². The molecule has 7 nitrogen and oxygen atoms in total. The van der Waals surface area contributed by atoms with E-state index < -0.39 is 5.97 Å². The van der Waals surface area contributed by atoms with Gasteiger partial charge in [-0.3, -0.25) is 9.59 Å². The number of carbonyl (C=O) groups excluding carboxylic acids is 3. The Morgan fingerprint density at radius 2 is 1.54 bits per heavy atom. The third kappa shape index (κ3) is 5.34. The van der Waals surface area contributed by atoms with Crippen LogP contribution in [-0.2, 0) is 9.53 Å². The first-order chi connectivity index (χ1) is 12.5. The minimum Gasteiger partial charge on any atom is -0.497 e. The Labute approximate surface area is 151 Å². The lowest BCUT2D eigenvalue weighted by Gasteiger charge is -2.08. The molecule has 0 unspecified atom stereocenters. The average molecular weight is 356 g/mol. The van der Waals surface area contributed by atoms with Crippen molar-refractivity contribution in [3.05, 3.63) is 59.7 Å². The van der Waals surface area contributed by atoms with Crippen LogP contribution in [0.25, 0.3) is 0 Å². The van der Waals surface area contributed by atoms with Crippen LogP contribution in [-0.4, -0.2) is 38.0 Å². The predicted molar refractivity (Wildman–Crippen MR) is 96.4 cm³/mol. The molecule has 0 aliphatic rings. The number of nitrogens with one attached hydrogen (secondary N) is 2. The molecule has 0 radical (unpaired) electrons. The summed E-state index contributed by atoms with van der Waals surface area (Å²) in [5.41, 5.74) is 1.34. The Morgan fingerprint density at radius 1 is 0.923 bits per heavy atom. The summed E-state index contributed by atoms with van der Waals surface area (Å²) >= 11 is 0. The molecular formula is C19H20N2O5. The average Bonchev–Trinajstić information content (AvgIpc) is 2.67. The second-order valence-corrected chi connectivity index (χ2v) is 5.26. The van der Waals surface area contributed by atoms with Crippen LogP contribution < -0.4 is 15.4 Å². The van der Waals surface area contributed by atoms with Gasteiger partial charge in [0.2, 0.25) is 5.91 Å². The SMILES string of the molecule is CCOC(=O)c1ccc(NC(=O)CNC(=O)c2ccc(OC)cc2)cc1. The van der Waals surface area contributed by atoms with Gasteiger partial charge in [-0.05, 0) is 55.5 Å². The number of anilines is 1. The van der Waals surface area contributed by atoms with Gasteiger partial charge in [0.1, 0.15) is 5.75 Å². The molecule has 2 amide bonds. The molecule has 26 heavy (non-hydrogen) atoms. The summed E-state index contributed by atoms with van der Waals surface area (Å²) in [5, 5.41) is 5.18. The number of hydrogen-bond donors (Lipinski definition) is 2. The van der Waals surface area contributed by atoms with E-state index in [-0.39, 0.29) is 18.4 Å². The summed E-state index contributed by atoms with van der Waals surface area (Å²) in [6, 6.07) is 12.9. The number of rotatable bonds is 7. The standard InChI is InChI=1S/C19H20N2O5/c1-3-26-19(24)14-4-8-15(9-5-14)21-17(22)12-20-18(23)13-6-10-16(25-2)11-7-13/h4-11H,3,12H2,1-2H3,(H,20,23)(H,21,22). The molecule has 0 saturated carbocycles. The van der Waals surface area contributed by atoms with Crippen molar-refractivity contribution in [3.8, 4) is 5.75 Å². The summed E-state index contributed by atoms with van der Waals surface area (Å²) < 4.78 is 9.91. The molecule has 0 saturated heterocycles. The van der Waals surface area contributed by atoms with Gasteiger partial charge in [0.05, 0.1) is 25.8 Å². The molecule has 0 aromatic heterocycles. The molecule has 0 bridgehead atoms. The highest BCUT2D eigenvalue weighted by atomic mass is 16.5. The Hall–Kier alpha value is -3.35. The van der Waals surface area contributed by atoms with E-state index in [0.29, 0.717) is 29.2 Å². The minimum atomic E-state index is -0.419. The van der Waals surface area contributed by atoms with Crippen LogP contribution in [0, 0.1) is 0 Å². The van der Waals surface area contributed by atoms with Gasteiger partial charge < -0.3 is 20.1 Å². The van der Waals surface area contributed by atoms with Gasteiger partial charge in [-0.15, -0.1) is 0 Å². The monoisotopic (exact) mass is 356 g/mol. The smallest absolute Gasteiger partial charge is 0.338 e. The second-order valence-electron chi connectivity index (χ2n) is 5.26. The molecule has 0 spiro atoms. The topological polar surface area (TPSA) is 93.7 Å². The summed E-state index contributed by atoms with van der Waals surface area (Å²) in [4.78, 5) is 35.5. The molecule has 0 heterocycles. The third-order valence-corrected chi connectivity index (χ3v) is 3.44. The Balaban J connectivity index is 1.84. The molecule has 2 rings (SSSR count). The van der Waals surface area contributed by atoms with E-state index in [1.54, 1.807) is 62.6 Å². The molecule has 2 aromatic carbocycles. The van der Waals surface area contributed by atoms with Gasteiger partial charge >= 0.3 is 5.97 Å². The highest BCUT2D eigenvalue weighted by Gasteiger charge is 2.10. The quantitative estimate of drug-likeness (QED) is 0.742. The maximum Gasteiger partial charge on any atom is 0.338 e. The lowest BCUT2D eigenvalue weighted by Crippen LogP contribution is -2.32. The third-order valence-electron chi connectivity index (χ3n) is 3.44. The summed E-state index contributed by atoms with van der Waals surface area (Å²) in [7, 11) is 1.54. The van der Waals surface area contributed by atoms with Crippen molar-refractivity contribution in [1.29, 1.82) is 0 Å². The van der Waals surface area contributed by atoms with E-state index in [1.807, 2.05) is 0 Å². The second kappa shape index (κ2) is 9.22. The first kappa shape index (κ1) is 19.0. The highest BCUT2D eigenvalue weighted by Crippen LogP contribution is 2.12. The van der Waals surface area contributed by atoms with Gasteiger partial charge in [0, 0.05) is 11.3 Å². The fourth-order valence-electron chi connectivity index (χ4n) is 2.11. The predicted octanol–water partition coefficient (Wildman–Crippen LogP) is 2.24. The van der Waals surface area contributed by atoms with E-state index in [1.165, 1.54) is 0 Å². The molecule has 2 N–H and O–H groups in total. The molecule has 7 heteroatoms. The van der Waals surface area contributed by atoms with Crippen LogP contribution in [0.15, 0.2) is 48.5 Å². The number of ether oxygens (including phenoxy) is 2. The van der Waals surface area contributed by atoms with Crippen LogP contribution in [0.5, 0.6) is 5.75 Å². The zero-order valence-electron chi connectivity index (χ0n) is 14.6. The van der Waals surface area contributed by atoms with E-state index in [4.69, 9.17) is 9.47 Å². The zero-order chi connectivity index (χ0) is 18.9. The number of hydrogen-bond acceptors (Lipinski definition) is 5. The lowest BCUT2D eigenvalue weighted by molar-refractivity contribution is -0.115. The maximum atomic E-state index is 12.0. The Kier molecular flexibility index (Phi) is 6.73. The molecule has 0 aliphatic carbocycles. The normalized spacial score (nSPS) is 9.92. The van der Waals surface area contributed by atoms with Gasteiger partial charge in [-0.2, -0.15) is 0 Å². The molecular weight excluding hydrogens is 336 g/mol.